The lowest BCUT2D eigenvalue weighted by atomic mass is 10.1. The minimum atomic E-state index is 0. The summed E-state index contributed by atoms with van der Waals surface area (Å²) < 4.78 is 0. The maximum atomic E-state index is 12.9. The van der Waals surface area contributed by atoms with Crippen molar-refractivity contribution in [1.29, 1.82) is 0 Å². The van der Waals surface area contributed by atoms with Gasteiger partial charge in [-0.3, -0.25) is 4.79 Å². The van der Waals surface area contributed by atoms with Gasteiger partial charge in [0.25, 0.3) is 5.91 Å². The third-order valence-electron chi connectivity index (χ3n) is 4.56. The molecule has 2 bridgehead atoms. The van der Waals surface area contributed by atoms with Crippen molar-refractivity contribution in [1.82, 2.24) is 15.1 Å². The van der Waals surface area contributed by atoms with Crippen LogP contribution >= 0.6 is 24.8 Å². The molecule has 0 saturated carbocycles. The second-order valence-electron chi connectivity index (χ2n) is 6.53. The Morgan fingerprint density at radius 1 is 1.22 bits per heavy atom. The van der Waals surface area contributed by atoms with E-state index in [0.717, 1.165) is 44.5 Å². The van der Waals surface area contributed by atoms with Gasteiger partial charge >= 0.3 is 0 Å². The van der Waals surface area contributed by atoms with Crippen LogP contribution in [0.5, 0.6) is 0 Å². The molecule has 1 amide bonds. The Bertz CT molecular complexity index is 510. The Kier molecular flexibility index (Phi) is 7.81. The maximum Gasteiger partial charge on any atom is 0.254 e. The Labute approximate surface area is 151 Å². The summed E-state index contributed by atoms with van der Waals surface area (Å²) in [5, 5.41) is 3.45. The van der Waals surface area contributed by atoms with Crippen molar-refractivity contribution in [3.05, 3.63) is 35.4 Å². The van der Waals surface area contributed by atoms with Gasteiger partial charge in [-0.25, -0.2) is 0 Å². The van der Waals surface area contributed by atoms with Gasteiger partial charge in [0.15, 0.2) is 0 Å². The minimum absolute atomic E-state index is 0. The SMILES string of the molecule is CN(C)Cc1cccc(C(=O)N2C3CCNCC2CC3)c1.Cl.Cl. The molecule has 0 spiro atoms. The van der Waals surface area contributed by atoms with E-state index in [1.807, 2.05) is 12.1 Å². The zero-order valence-electron chi connectivity index (χ0n) is 13.8. The van der Waals surface area contributed by atoms with E-state index < -0.39 is 0 Å². The second-order valence-corrected chi connectivity index (χ2v) is 6.53. The van der Waals surface area contributed by atoms with Gasteiger partial charge in [0.05, 0.1) is 0 Å². The fourth-order valence-corrected chi connectivity index (χ4v) is 3.63. The summed E-state index contributed by atoms with van der Waals surface area (Å²) in [5.74, 6) is 0.215. The number of benzene rings is 1. The van der Waals surface area contributed by atoms with Crippen molar-refractivity contribution < 1.29 is 4.79 Å². The minimum Gasteiger partial charge on any atom is -0.331 e. The van der Waals surface area contributed by atoms with Crippen molar-refractivity contribution >= 4 is 30.7 Å². The van der Waals surface area contributed by atoms with Crippen LogP contribution in [0.3, 0.4) is 0 Å². The molecule has 6 heteroatoms. The van der Waals surface area contributed by atoms with Crippen molar-refractivity contribution in [2.24, 2.45) is 0 Å². The molecule has 1 aromatic rings. The molecule has 2 aliphatic heterocycles. The van der Waals surface area contributed by atoms with E-state index in [0.29, 0.717) is 12.1 Å². The van der Waals surface area contributed by atoms with Crippen LogP contribution in [0.1, 0.15) is 35.2 Å². The lowest BCUT2D eigenvalue weighted by Crippen LogP contribution is -2.42. The number of nitrogens with one attached hydrogen (secondary N) is 1. The summed E-state index contributed by atoms with van der Waals surface area (Å²) >= 11 is 0. The summed E-state index contributed by atoms with van der Waals surface area (Å²) in [5.41, 5.74) is 2.04. The van der Waals surface area contributed by atoms with Crippen LogP contribution in [0.4, 0.5) is 0 Å². The number of nitrogens with zero attached hydrogens (tertiary/aromatic N) is 2. The monoisotopic (exact) mass is 359 g/mol. The first-order valence-corrected chi connectivity index (χ1v) is 7.92. The summed E-state index contributed by atoms with van der Waals surface area (Å²) in [6.45, 7) is 2.85. The molecule has 0 aromatic heterocycles. The number of hydrogen-bond acceptors (Lipinski definition) is 3. The highest BCUT2D eigenvalue weighted by molar-refractivity contribution is 5.95. The highest BCUT2D eigenvalue weighted by Crippen LogP contribution is 2.29. The number of carbonyl (C=O) groups is 1. The standard InChI is InChI=1S/C17H25N3O.2ClH/c1-19(2)12-13-4-3-5-14(10-13)17(21)20-15-6-7-16(20)11-18-9-8-15;;/h3-5,10,15-16,18H,6-9,11-12H2,1-2H3;2*1H. The smallest absolute Gasteiger partial charge is 0.254 e. The van der Waals surface area contributed by atoms with Crippen LogP contribution in [-0.2, 0) is 6.54 Å². The summed E-state index contributed by atoms with van der Waals surface area (Å²) in [4.78, 5) is 17.2. The second kappa shape index (κ2) is 8.88. The molecule has 2 heterocycles. The molecular formula is C17H27Cl2N3O. The Hall–Kier alpha value is -0.810. The van der Waals surface area contributed by atoms with E-state index in [1.54, 1.807) is 0 Å². The molecule has 2 saturated heterocycles. The van der Waals surface area contributed by atoms with Crippen LogP contribution in [0.25, 0.3) is 0 Å². The first-order chi connectivity index (χ1) is 10.1. The predicted molar refractivity (Wildman–Crippen MR) is 98.8 cm³/mol. The van der Waals surface area contributed by atoms with Gasteiger partial charge in [-0.05, 0) is 57.6 Å². The molecule has 3 rings (SSSR count). The van der Waals surface area contributed by atoms with Crippen molar-refractivity contribution in [3.63, 3.8) is 0 Å². The molecule has 4 nitrogen and oxygen atoms in total. The van der Waals surface area contributed by atoms with Crippen LogP contribution in [0, 0.1) is 0 Å². The normalized spacial score (nSPS) is 23.0. The Balaban J connectivity index is 0.00000132. The number of amides is 1. The zero-order valence-corrected chi connectivity index (χ0v) is 15.5. The predicted octanol–water partition coefficient (Wildman–Crippen LogP) is 2.56. The van der Waals surface area contributed by atoms with Gasteiger partial charge in [0.1, 0.15) is 0 Å². The highest BCUT2D eigenvalue weighted by atomic mass is 35.5. The lowest BCUT2D eigenvalue weighted by Gasteiger charge is -2.28. The van der Waals surface area contributed by atoms with Gasteiger partial charge in [0.2, 0.25) is 0 Å². The maximum absolute atomic E-state index is 12.9. The number of fused-ring (bicyclic) bond motifs is 2. The third kappa shape index (κ3) is 4.60. The third-order valence-corrected chi connectivity index (χ3v) is 4.56. The van der Waals surface area contributed by atoms with Crippen LogP contribution in [0.15, 0.2) is 24.3 Å². The van der Waals surface area contributed by atoms with Crippen molar-refractivity contribution in [2.75, 3.05) is 27.2 Å². The van der Waals surface area contributed by atoms with E-state index in [1.165, 1.54) is 5.56 Å². The molecular weight excluding hydrogens is 333 g/mol. The molecule has 2 atom stereocenters. The van der Waals surface area contributed by atoms with E-state index in [4.69, 9.17) is 0 Å². The quantitative estimate of drug-likeness (QED) is 0.900. The van der Waals surface area contributed by atoms with Gasteiger partial charge in [-0.1, -0.05) is 12.1 Å². The zero-order chi connectivity index (χ0) is 14.8. The van der Waals surface area contributed by atoms with E-state index >= 15 is 0 Å². The fourth-order valence-electron chi connectivity index (χ4n) is 3.63. The van der Waals surface area contributed by atoms with Gasteiger partial charge in [-0.2, -0.15) is 0 Å². The lowest BCUT2D eigenvalue weighted by molar-refractivity contribution is 0.0680. The summed E-state index contributed by atoms with van der Waals surface area (Å²) in [6.07, 6.45) is 3.38. The number of carbonyl (C=O) groups excluding carboxylic acids is 1. The number of rotatable bonds is 3. The largest absolute Gasteiger partial charge is 0.331 e. The molecule has 2 unspecified atom stereocenters. The molecule has 23 heavy (non-hydrogen) atoms. The highest BCUT2D eigenvalue weighted by Gasteiger charge is 2.38. The average Bonchev–Trinajstić information content (AvgIpc) is 2.71. The molecule has 1 N–H and O–H groups in total. The van der Waals surface area contributed by atoms with E-state index in [-0.39, 0.29) is 30.7 Å². The topological polar surface area (TPSA) is 35.6 Å². The first kappa shape index (κ1) is 20.2. The Morgan fingerprint density at radius 2 is 1.96 bits per heavy atom. The molecule has 0 radical (unpaired) electrons. The van der Waals surface area contributed by atoms with Gasteiger partial charge < -0.3 is 15.1 Å². The summed E-state index contributed by atoms with van der Waals surface area (Å²) in [7, 11) is 4.10. The molecule has 2 aliphatic rings. The van der Waals surface area contributed by atoms with Crippen LogP contribution in [0.2, 0.25) is 0 Å². The number of halogens is 2. The van der Waals surface area contributed by atoms with Crippen LogP contribution < -0.4 is 5.32 Å². The van der Waals surface area contributed by atoms with E-state index in [9.17, 15) is 4.79 Å². The Morgan fingerprint density at radius 3 is 2.70 bits per heavy atom. The number of hydrogen-bond donors (Lipinski definition) is 1. The van der Waals surface area contributed by atoms with Gasteiger partial charge in [0, 0.05) is 30.7 Å². The van der Waals surface area contributed by atoms with Crippen LogP contribution in [-0.4, -0.2) is 55.0 Å². The first-order valence-electron chi connectivity index (χ1n) is 7.92. The molecule has 1 aromatic carbocycles. The molecule has 2 fully saturated rings. The molecule has 130 valence electrons. The van der Waals surface area contributed by atoms with E-state index in [2.05, 4.69) is 41.3 Å². The average molecular weight is 360 g/mol. The molecule has 0 aliphatic carbocycles. The fraction of sp³-hybridized carbons (Fsp3) is 0.588. The summed E-state index contributed by atoms with van der Waals surface area (Å²) in [6, 6.07) is 8.91. The van der Waals surface area contributed by atoms with Crippen molar-refractivity contribution in [2.45, 2.75) is 37.9 Å². The van der Waals surface area contributed by atoms with Crippen molar-refractivity contribution in [3.8, 4) is 0 Å². The van der Waals surface area contributed by atoms with Gasteiger partial charge in [-0.15, -0.1) is 24.8 Å².